The molecule has 3 aromatic rings. The third kappa shape index (κ3) is 2.49. The summed E-state index contributed by atoms with van der Waals surface area (Å²) >= 11 is 0. The molecule has 118 valence electrons. The van der Waals surface area contributed by atoms with Crippen molar-refractivity contribution in [3.8, 4) is 11.3 Å². The predicted molar refractivity (Wildman–Crippen MR) is 81.9 cm³/mol. The summed E-state index contributed by atoms with van der Waals surface area (Å²) < 4.78 is 34.4. The van der Waals surface area contributed by atoms with Crippen LogP contribution in [0.1, 0.15) is 24.6 Å². The Hall–Kier alpha value is -2.34. The molecule has 0 atom stereocenters. The third-order valence-corrected chi connectivity index (χ3v) is 4.09. The number of halogens is 2. The molecule has 0 saturated heterocycles. The third-order valence-electron chi connectivity index (χ3n) is 4.09. The van der Waals surface area contributed by atoms with Gasteiger partial charge >= 0.3 is 0 Å². The van der Waals surface area contributed by atoms with Gasteiger partial charge in [0.15, 0.2) is 11.6 Å². The molecule has 1 fully saturated rings. The number of rotatable bonds is 4. The lowest BCUT2D eigenvalue weighted by molar-refractivity contribution is 0.180. The summed E-state index contributed by atoms with van der Waals surface area (Å²) in [5.41, 5.74) is 3.21. The second-order valence-electron chi connectivity index (χ2n) is 5.82. The quantitative estimate of drug-likeness (QED) is 0.734. The summed E-state index contributed by atoms with van der Waals surface area (Å²) in [6.45, 7) is 0.369. The first-order valence-electron chi connectivity index (χ1n) is 7.48. The van der Waals surface area contributed by atoms with Crippen molar-refractivity contribution in [1.82, 2.24) is 14.8 Å². The zero-order valence-corrected chi connectivity index (χ0v) is 12.6. The molecule has 1 saturated carbocycles. The standard InChI is InChI=1S/C17H15F2N3O/c1-23-9-12-4-11(8-20-21-12)16-6-10-5-14(18)15(19)7-17(10)22(16)13-2-3-13/h4-8,13H,2-3,9H2,1H3. The molecule has 0 radical (unpaired) electrons. The van der Waals surface area contributed by atoms with Crippen LogP contribution in [-0.2, 0) is 11.3 Å². The smallest absolute Gasteiger partial charge is 0.160 e. The molecule has 4 rings (SSSR count). The van der Waals surface area contributed by atoms with Gasteiger partial charge in [-0.2, -0.15) is 10.2 Å². The van der Waals surface area contributed by atoms with Gasteiger partial charge in [-0.1, -0.05) is 0 Å². The van der Waals surface area contributed by atoms with E-state index >= 15 is 0 Å². The number of benzene rings is 1. The van der Waals surface area contributed by atoms with Gasteiger partial charge in [-0.05, 0) is 31.0 Å². The van der Waals surface area contributed by atoms with Gasteiger partial charge in [0.2, 0.25) is 0 Å². The summed E-state index contributed by atoms with van der Waals surface area (Å²) in [6.07, 6.45) is 3.75. The Morgan fingerprint density at radius 1 is 1.17 bits per heavy atom. The minimum absolute atomic E-state index is 0.325. The molecule has 1 aromatic carbocycles. The highest BCUT2D eigenvalue weighted by molar-refractivity contribution is 5.87. The van der Waals surface area contributed by atoms with Crippen molar-refractivity contribution < 1.29 is 13.5 Å². The molecule has 2 heterocycles. The Balaban J connectivity index is 1.92. The fourth-order valence-electron chi connectivity index (χ4n) is 2.94. The van der Waals surface area contributed by atoms with E-state index in [2.05, 4.69) is 14.8 Å². The molecule has 0 unspecified atom stereocenters. The van der Waals surface area contributed by atoms with Crippen LogP contribution in [0, 0.1) is 11.6 Å². The van der Waals surface area contributed by atoms with Crippen LogP contribution in [0.15, 0.2) is 30.5 Å². The van der Waals surface area contributed by atoms with Gasteiger partial charge in [0, 0.05) is 30.2 Å². The summed E-state index contributed by atoms with van der Waals surface area (Å²) in [5, 5.41) is 8.73. The van der Waals surface area contributed by atoms with E-state index in [-0.39, 0.29) is 0 Å². The number of ether oxygens (including phenoxy) is 1. The molecule has 0 N–H and O–H groups in total. The average molecular weight is 315 g/mol. The zero-order chi connectivity index (χ0) is 16.0. The van der Waals surface area contributed by atoms with Crippen molar-refractivity contribution in [3.63, 3.8) is 0 Å². The summed E-state index contributed by atoms with van der Waals surface area (Å²) in [5.74, 6) is -1.65. The van der Waals surface area contributed by atoms with Crippen molar-refractivity contribution in [2.24, 2.45) is 0 Å². The van der Waals surface area contributed by atoms with Crippen molar-refractivity contribution in [2.45, 2.75) is 25.5 Å². The molecule has 6 heteroatoms. The first-order chi connectivity index (χ1) is 11.2. The second kappa shape index (κ2) is 5.38. The van der Waals surface area contributed by atoms with Crippen LogP contribution in [0.3, 0.4) is 0 Å². The van der Waals surface area contributed by atoms with E-state index in [4.69, 9.17) is 4.74 Å². The lowest BCUT2D eigenvalue weighted by atomic mass is 10.2. The topological polar surface area (TPSA) is 39.9 Å². The molecular weight excluding hydrogens is 300 g/mol. The Morgan fingerprint density at radius 2 is 1.96 bits per heavy atom. The molecule has 2 aromatic heterocycles. The minimum atomic E-state index is -0.829. The number of hydrogen-bond donors (Lipinski definition) is 0. The maximum absolute atomic E-state index is 13.7. The van der Waals surface area contributed by atoms with Crippen LogP contribution in [0.4, 0.5) is 8.78 Å². The summed E-state index contributed by atoms with van der Waals surface area (Å²) in [7, 11) is 1.60. The Bertz CT molecular complexity index is 887. The Morgan fingerprint density at radius 3 is 2.70 bits per heavy atom. The van der Waals surface area contributed by atoms with Crippen molar-refractivity contribution in [1.29, 1.82) is 0 Å². The lowest BCUT2D eigenvalue weighted by Crippen LogP contribution is -2.00. The van der Waals surface area contributed by atoms with Gasteiger partial charge in [0.25, 0.3) is 0 Å². The number of nitrogens with zero attached hydrogens (tertiary/aromatic N) is 3. The number of aromatic nitrogens is 3. The van der Waals surface area contributed by atoms with E-state index in [0.29, 0.717) is 23.6 Å². The van der Waals surface area contributed by atoms with Crippen LogP contribution < -0.4 is 0 Å². The van der Waals surface area contributed by atoms with Crippen molar-refractivity contribution in [2.75, 3.05) is 7.11 Å². The van der Waals surface area contributed by atoms with E-state index in [1.807, 2.05) is 12.1 Å². The fourth-order valence-corrected chi connectivity index (χ4v) is 2.94. The summed E-state index contributed by atoms with van der Waals surface area (Å²) in [4.78, 5) is 0. The van der Waals surface area contributed by atoms with Gasteiger partial charge in [0.05, 0.1) is 29.7 Å². The van der Waals surface area contributed by atoms with Crippen molar-refractivity contribution >= 4 is 10.9 Å². The van der Waals surface area contributed by atoms with Crippen molar-refractivity contribution in [3.05, 3.63) is 47.8 Å². The van der Waals surface area contributed by atoms with E-state index in [9.17, 15) is 8.78 Å². The van der Waals surface area contributed by atoms with E-state index in [1.54, 1.807) is 13.3 Å². The van der Waals surface area contributed by atoms with E-state index < -0.39 is 11.6 Å². The molecule has 0 aliphatic heterocycles. The zero-order valence-electron chi connectivity index (χ0n) is 12.6. The molecule has 0 bridgehead atoms. The second-order valence-corrected chi connectivity index (χ2v) is 5.82. The number of fused-ring (bicyclic) bond motifs is 1. The van der Waals surface area contributed by atoms with E-state index in [0.717, 1.165) is 29.8 Å². The van der Waals surface area contributed by atoms with Crippen LogP contribution in [0.5, 0.6) is 0 Å². The highest BCUT2D eigenvalue weighted by Gasteiger charge is 2.28. The van der Waals surface area contributed by atoms with Crippen LogP contribution in [0.25, 0.3) is 22.2 Å². The Kier molecular flexibility index (Phi) is 3.34. The molecule has 23 heavy (non-hydrogen) atoms. The largest absolute Gasteiger partial charge is 0.378 e. The fraction of sp³-hybridized carbons (Fsp3) is 0.294. The molecule has 1 aliphatic rings. The lowest BCUT2D eigenvalue weighted by Gasteiger charge is -2.10. The minimum Gasteiger partial charge on any atom is -0.378 e. The number of hydrogen-bond acceptors (Lipinski definition) is 3. The van der Waals surface area contributed by atoms with Gasteiger partial charge < -0.3 is 9.30 Å². The van der Waals surface area contributed by atoms with Crippen LogP contribution >= 0.6 is 0 Å². The molecule has 1 aliphatic carbocycles. The first-order valence-corrected chi connectivity index (χ1v) is 7.48. The molecule has 0 spiro atoms. The summed E-state index contributed by atoms with van der Waals surface area (Å²) in [6, 6.07) is 6.63. The van der Waals surface area contributed by atoms with Gasteiger partial charge in [-0.25, -0.2) is 8.78 Å². The van der Waals surface area contributed by atoms with Crippen LogP contribution in [-0.4, -0.2) is 21.9 Å². The monoisotopic (exact) mass is 315 g/mol. The highest BCUT2D eigenvalue weighted by atomic mass is 19.2. The van der Waals surface area contributed by atoms with Crippen LogP contribution in [0.2, 0.25) is 0 Å². The molecule has 4 nitrogen and oxygen atoms in total. The molecule has 0 amide bonds. The predicted octanol–water partition coefficient (Wildman–Crippen LogP) is 3.86. The normalized spacial score (nSPS) is 14.6. The van der Waals surface area contributed by atoms with Gasteiger partial charge in [-0.15, -0.1) is 0 Å². The number of methoxy groups -OCH3 is 1. The highest BCUT2D eigenvalue weighted by Crippen LogP contribution is 2.42. The SMILES string of the molecule is COCc1cc(-c2cc3cc(F)c(F)cc3n2C2CC2)cnn1. The van der Waals surface area contributed by atoms with Gasteiger partial charge in [0.1, 0.15) is 0 Å². The van der Waals surface area contributed by atoms with Gasteiger partial charge in [-0.3, -0.25) is 0 Å². The van der Waals surface area contributed by atoms with E-state index in [1.165, 1.54) is 12.1 Å². The molecular formula is C17H15F2N3O. The average Bonchev–Trinajstić information content (AvgIpc) is 3.31. The maximum Gasteiger partial charge on any atom is 0.160 e. The first kappa shape index (κ1) is 14.3. The maximum atomic E-state index is 13.7. The Labute approximate surface area is 131 Å².